The first-order valence-electron chi connectivity index (χ1n) is 7.69. The monoisotopic (exact) mass is 335 g/mol. The number of fused-ring (bicyclic) bond motifs is 1. The lowest BCUT2D eigenvalue weighted by Gasteiger charge is -2.33. The summed E-state index contributed by atoms with van der Waals surface area (Å²) in [6.45, 7) is 1.33. The van der Waals surface area contributed by atoms with E-state index in [2.05, 4.69) is 10.6 Å². The Hall–Kier alpha value is -2.48. The standard InChI is InChI=1S/C16H18FN3O4/c1-8-2-3-9(4-11(8)17)14(22)18-10-5-13-15(23)19-12(7-21)16(24)20(13)6-10/h2-4,10,12-13,21H,5-7H2,1H3,(H,18,22)(H,19,23)/t10-,12-,13-/m0/s1. The van der Waals surface area contributed by atoms with Gasteiger partial charge in [0, 0.05) is 18.2 Å². The Morgan fingerprint density at radius 3 is 2.88 bits per heavy atom. The van der Waals surface area contributed by atoms with Crippen molar-refractivity contribution >= 4 is 17.7 Å². The molecule has 7 nitrogen and oxygen atoms in total. The molecule has 8 heteroatoms. The van der Waals surface area contributed by atoms with Gasteiger partial charge in [-0.3, -0.25) is 14.4 Å². The molecule has 0 saturated carbocycles. The van der Waals surface area contributed by atoms with Gasteiger partial charge >= 0.3 is 0 Å². The van der Waals surface area contributed by atoms with E-state index in [0.29, 0.717) is 5.56 Å². The predicted octanol–water partition coefficient (Wildman–Crippen LogP) is -0.676. The number of benzene rings is 1. The van der Waals surface area contributed by atoms with Gasteiger partial charge in [-0.15, -0.1) is 0 Å². The molecule has 2 fully saturated rings. The first kappa shape index (κ1) is 16.4. The summed E-state index contributed by atoms with van der Waals surface area (Å²) in [7, 11) is 0. The van der Waals surface area contributed by atoms with E-state index in [-0.39, 0.29) is 30.3 Å². The lowest BCUT2D eigenvalue weighted by molar-refractivity contribution is -0.148. The quantitative estimate of drug-likeness (QED) is 0.682. The van der Waals surface area contributed by atoms with E-state index in [9.17, 15) is 18.8 Å². The highest BCUT2D eigenvalue weighted by Gasteiger charge is 2.46. The Kier molecular flexibility index (Phi) is 4.23. The van der Waals surface area contributed by atoms with Crippen LogP contribution in [0.3, 0.4) is 0 Å². The molecule has 3 rings (SSSR count). The molecule has 2 aliphatic heterocycles. The minimum absolute atomic E-state index is 0.187. The first-order valence-corrected chi connectivity index (χ1v) is 7.69. The number of carbonyl (C=O) groups is 3. The normalized spacial score (nSPS) is 26.1. The van der Waals surface area contributed by atoms with Crippen molar-refractivity contribution in [1.29, 1.82) is 0 Å². The smallest absolute Gasteiger partial charge is 0.251 e. The Morgan fingerprint density at radius 2 is 2.21 bits per heavy atom. The zero-order chi connectivity index (χ0) is 17.4. The van der Waals surface area contributed by atoms with Gasteiger partial charge in [0.25, 0.3) is 5.91 Å². The number of aliphatic hydroxyl groups excluding tert-OH is 1. The van der Waals surface area contributed by atoms with Gasteiger partial charge in [0.2, 0.25) is 11.8 Å². The van der Waals surface area contributed by atoms with Crippen molar-refractivity contribution in [2.24, 2.45) is 0 Å². The molecule has 2 heterocycles. The molecular weight excluding hydrogens is 317 g/mol. The van der Waals surface area contributed by atoms with Crippen LogP contribution in [0.2, 0.25) is 0 Å². The predicted molar refractivity (Wildman–Crippen MR) is 81.5 cm³/mol. The number of aryl methyl sites for hydroxylation is 1. The fraction of sp³-hybridized carbons (Fsp3) is 0.438. The van der Waals surface area contributed by atoms with E-state index in [0.717, 1.165) is 6.07 Å². The Balaban J connectivity index is 1.69. The van der Waals surface area contributed by atoms with Crippen molar-refractivity contribution in [3.63, 3.8) is 0 Å². The van der Waals surface area contributed by atoms with Crippen LogP contribution in [0.1, 0.15) is 22.3 Å². The van der Waals surface area contributed by atoms with E-state index in [1.54, 1.807) is 6.92 Å². The summed E-state index contributed by atoms with van der Waals surface area (Å²) in [5.41, 5.74) is 0.633. The molecule has 0 aliphatic carbocycles. The van der Waals surface area contributed by atoms with Crippen LogP contribution in [0.15, 0.2) is 18.2 Å². The molecule has 0 radical (unpaired) electrons. The van der Waals surface area contributed by atoms with Crippen LogP contribution in [0, 0.1) is 12.7 Å². The summed E-state index contributed by atoms with van der Waals surface area (Å²) in [6, 6.07) is 2.21. The van der Waals surface area contributed by atoms with Crippen molar-refractivity contribution in [3.8, 4) is 0 Å². The number of aliphatic hydroxyl groups is 1. The number of hydrogen-bond donors (Lipinski definition) is 3. The summed E-state index contributed by atoms with van der Waals surface area (Å²) in [5, 5.41) is 14.3. The fourth-order valence-electron chi connectivity index (χ4n) is 3.09. The van der Waals surface area contributed by atoms with Crippen LogP contribution in [0.25, 0.3) is 0 Å². The van der Waals surface area contributed by atoms with Crippen molar-refractivity contribution in [1.82, 2.24) is 15.5 Å². The molecule has 0 spiro atoms. The van der Waals surface area contributed by atoms with Gasteiger partial charge in [0.1, 0.15) is 17.9 Å². The molecule has 0 bridgehead atoms. The minimum Gasteiger partial charge on any atom is -0.394 e. The average Bonchev–Trinajstić information content (AvgIpc) is 2.98. The van der Waals surface area contributed by atoms with Crippen LogP contribution in [0.5, 0.6) is 0 Å². The molecule has 1 aromatic rings. The number of nitrogens with zero attached hydrogens (tertiary/aromatic N) is 1. The number of hydrogen-bond acceptors (Lipinski definition) is 4. The number of amides is 3. The molecule has 3 amide bonds. The Morgan fingerprint density at radius 1 is 1.46 bits per heavy atom. The fourth-order valence-corrected chi connectivity index (χ4v) is 3.09. The number of carbonyl (C=O) groups excluding carboxylic acids is 3. The maximum Gasteiger partial charge on any atom is 0.251 e. The maximum absolute atomic E-state index is 13.6. The first-order chi connectivity index (χ1) is 11.4. The van der Waals surface area contributed by atoms with Crippen molar-refractivity contribution in [2.45, 2.75) is 31.5 Å². The van der Waals surface area contributed by atoms with Crippen LogP contribution >= 0.6 is 0 Å². The van der Waals surface area contributed by atoms with E-state index in [1.165, 1.54) is 17.0 Å². The van der Waals surface area contributed by atoms with Crippen molar-refractivity contribution in [2.75, 3.05) is 13.2 Å². The molecule has 1 aromatic carbocycles. The third kappa shape index (κ3) is 2.84. The number of halogens is 1. The number of nitrogens with one attached hydrogen (secondary N) is 2. The van der Waals surface area contributed by atoms with Gasteiger partial charge in [-0.1, -0.05) is 6.07 Å². The maximum atomic E-state index is 13.6. The molecule has 24 heavy (non-hydrogen) atoms. The van der Waals surface area contributed by atoms with E-state index < -0.39 is 36.5 Å². The molecule has 3 atom stereocenters. The topological polar surface area (TPSA) is 98.7 Å². The SMILES string of the molecule is Cc1ccc(C(=O)N[C@H]2C[C@H]3C(=O)N[C@@H](CO)C(=O)N3C2)cc1F. The third-order valence-corrected chi connectivity index (χ3v) is 4.45. The highest BCUT2D eigenvalue weighted by atomic mass is 19.1. The molecule has 3 N–H and O–H groups in total. The van der Waals surface area contributed by atoms with Crippen LogP contribution in [0.4, 0.5) is 4.39 Å². The Labute approximate surface area is 137 Å². The van der Waals surface area contributed by atoms with Gasteiger partial charge in [0.05, 0.1) is 6.61 Å². The zero-order valence-corrected chi connectivity index (χ0v) is 13.1. The second-order valence-corrected chi connectivity index (χ2v) is 6.12. The molecule has 0 unspecified atom stereocenters. The average molecular weight is 335 g/mol. The van der Waals surface area contributed by atoms with Crippen molar-refractivity contribution in [3.05, 3.63) is 35.1 Å². The molecule has 2 aliphatic rings. The van der Waals surface area contributed by atoms with E-state index >= 15 is 0 Å². The zero-order valence-electron chi connectivity index (χ0n) is 13.1. The van der Waals surface area contributed by atoms with Gasteiger partial charge in [-0.2, -0.15) is 0 Å². The Bertz CT molecular complexity index is 709. The van der Waals surface area contributed by atoms with Gasteiger partial charge < -0.3 is 20.6 Å². The van der Waals surface area contributed by atoms with Crippen LogP contribution in [-0.2, 0) is 9.59 Å². The molecule has 2 saturated heterocycles. The summed E-state index contributed by atoms with van der Waals surface area (Å²) < 4.78 is 13.6. The van der Waals surface area contributed by atoms with Gasteiger partial charge in [0.15, 0.2) is 0 Å². The van der Waals surface area contributed by atoms with Crippen LogP contribution < -0.4 is 10.6 Å². The van der Waals surface area contributed by atoms with Gasteiger partial charge in [-0.25, -0.2) is 4.39 Å². The summed E-state index contributed by atoms with van der Waals surface area (Å²) in [6.07, 6.45) is 0.288. The molecule has 0 aromatic heterocycles. The third-order valence-electron chi connectivity index (χ3n) is 4.45. The lowest BCUT2D eigenvalue weighted by atomic mass is 10.1. The summed E-state index contributed by atoms with van der Waals surface area (Å²) in [5.74, 6) is -1.62. The van der Waals surface area contributed by atoms with Crippen LogP contribution in [-0.4, -0.2) is 59.0 Å². The highest BCUT2D eigenvalue weighted by Crippen LogP contribution is 2.23. The number of rotatable bonds is 3. The summed E-state index contributed by atoms with van der Waals surface area (Å²) in [4.78, 5) is 37.8. The van der Waals surface area contributed by atoms with Crippen molar-refractivity contribution < 1.29 is 23.9 Å². The lowest BCUT2D eigenvalue weighted by Crippen LogP contribution is -2.62. The largest absolute Gasteiger partial charge is 0.394 e. The number of piperazine rings is 1. The summed E-state index contributed by atoms with van der Waals surface area (Å²) >= 11 is 0. The van der Waals surface area contributed by atoms with E-state index in [1.807, 2.05) is 0 Å². The van der Waals surface area contributed by atoms with Gasteiger partial charge in [-0.05, 0) is 31.0 Å². The van der Waals surface area contributed by atoms with E-state index in [4.69, 9.17) is 5.11 Å². The molecule has 128 valence electrons. The molecular formula is C16H18FN3O4. The second kappa shape index (κ2) is 6.20. The second-order valence-electron chi connectivity index (χ2n) is 6.12. The minimum atomic E-state index is -0.936. The highest BCUT2D eigenvalue weighted by molar-refractivity contribution is 5.98.